The van der Waals surface area contributed by atoms with E-state index in [-0.39, 0.29) is 34.7 Å². The number of esters is 1. The van der Waals surface area contributed by atoms with Crippen molar-refractivity contribution in [2.75, 3.05) is 18.5 Å². The van der Waals surface area contributed by atoms with Gasteiger partial charge in [0, 0.05) is 24.2 Å². The number of aryl methyl sites for hydroxylation is 3. The Morgan fingerprint density at radius 3 is 2.76 bits per heavy atom. The largest absolute Gasteiger partial charge is 0.462 e. The molecule has 0 unspecified atom stereocenters. The number of nitrogens with zero attached hydrogens (tertiary/aromatic N) is 3. The number of aromatic nitrogens is 3. The highest BCUT2D eigenvalue weighted by Gasteiger charge is 2.28. The number of ether oxygens (including phenoxy) is 2. The quantitative estimate of drug-likeness (QED) is 0.170. The molecule has 0 atom stereocenters. The van der Waals surface area contributed by atoms with Crippen LogP contribution in [0.1, 0.15) is 76.8 Å². The molecule has 1 aliphatic carbocycles. The van der Waals surface area contributed by atoms with Crippen LogP contribution in [0.2, 0.25) is 0 Å². The molecule has 216 valence electrons. The number of anilines is 1. The van der Waals surface area contributed by atoms with Gasteiger partial charge in [-0.2, -0.15) is 0 Å². The molecular weight excluding hydrogens is 542 g/mol. The Morgan fingerprint density at radius 2 is 2.00 bits per heavy atom. The maximum atomic E-state index is 13.8. The van der Waals surface area contributed by atoms with Gasteiger partial charge in [-0.1, -0.05) is 6.07 Å². The molecule has 4 aromatic rings. The molecule has 11 heteroatoms. The van der Waals surface area contributed by atoms with Crippen molar-refractivity contribution in [2.24, 2.45) is 0 Å². The lowest BCUT2D eigenvalue weighted by molar-refractivity contribution is 0.0526. The molecule has 1 aliphatic rings. The molecule has 0 spiro atoms. The van der Waals surface area contributed by atoms with Crippen LogP contribution in [-0.2, 0) is 28.9 Å². The molecule has 0 saturated carbocycles. The molecule has 0 aromatic carbocycles. The summed E-state index contributed by atoms with van der Waals surface area (Å²) in [6.07, 6.45) is 5.86. The second kappa shape index (κ2) is 12.0. The average molecular weight is 578 g/mol. The maximum absolute atomic E-state index is 13.8. The number of rotatable bonds is 9. The van der Waals surface area contributed by atoms with Gasteiger partial charge in [-0.05, 0) is 83.1 Å². The van der Waals surface area contributed by atoms with Gasteiger partial charge in [0.1, 0.15) is 21.8 Å². The second-order valence-electron chi connectivity index (χ2n) is 10.5. The summed E-state index contributed by atoms with van der Waals surface area (Å²) < 4.78 is 14.1. The molecule has 4 aromatic heterocycles. The molecule has 0 radical (unpaired) electrons. The fourth-order valence-electron chi connectivity index (χ4n) is 5.27. The van der Waals surface area contributed by atoms with Gasteiger partial charge in [-0.15, -0.1) is 11.3 Å². The summed E-state index contributed by atoms with van der Waals surface area (Å²) in [5.41, 5.74) is 2.62. The molecule has 0 saturated heterocycles. The van der Waals surface area contributed by atoms with Crippen molar-refractivity contribution in [1.82, 2.24) is 14.0 Å². The van der Waals surface area contributed by atoms with E-state index in [1.165, 1.54) is 21.8 Å². The van der Waals surface area contributed by atoms with Crippen LogP contribution in [0.3, 0.4) is 0 Å². The van der Waals surface area contributed by atoms with Crippen LogP contribution < -0.4 is 16.4 Å². The first-order valence-corrected chi connectivity index (χ1v) is 14.9. The minimum Gasteiger partial charge on any atom is -0.462 e. The van der Waals surface area contributed by atoms with Gasteiger partial charge in [0.2, 0.25) is 0 Å². The van der Waals surface area contributed by atoms with Crippen molar-refractivity contribution < 1.29 is 19.1 Å². The van der Waals surface area contributed by atoms with Crippen LogP contribution in [-0.4, -0.2) is 45.1 Å². The summed E-state index contributed by atoms with van der Waals surface area (Å²) in [6, 6.07) is 5.09. The molecule has 5 rings (SSSR count). The van der Waals surface area contributed by atoms with Crippen molar-refractivity contribution in [2.45, 2.75) is 72.4 Å². The van der Waals surface area contributed by atoms with Crippen LogP contribution in [0.25, 0.3) is 16.7 Å². The maximum Gasteiger partial charge on any atom is 0.341 e. The summed E-state index contributed by atoms with van der Waals surface area (Å²) in [5, 5.41) is 12.6. The van der Waals surface area contributed by atoms with Crippen LogP contribution >= 0.6 is 11.3 Å². The van der Waals surface area contributed by atoms with E-state index in [1.807, 2.05) is 26.8 Å². The molecular formula is C30H35N5O5S. The van der Waals surface area contributed by atoms with E-state index < -0.39 is 11.9 Å². The van der Waals surface area contributed by atoms with Gasteiger partial charge >= 0.3 is 5.97 Å². The molecule has 41 heavy (non-hydrogen) atoms. The van der Waals surface area contributed by atoms with E-state index in [4.69, 9.17) is 19.9 Å². The Balaban J connectivity index is 1.62. The zero-order valence-electron chi connectivity index (χ0n) is 23.8. The fourth-order valence-corrected chi connectivity index (χ4v) is 6.55. The summed E-state index contributed by atoms with van der Waals surface area (Å²) in [5.74, 6) is -1.03. The third kappa shape index (κ3) is 5.56. The van der Waals surface area contributed by atoms with Gasteiger partial charge in [0.25, 0.3) is 11.5 Å². The zero-order valence-corrected chi connectivity index (χ0v) is 24.7. The summed E-state index contributed by atoms with van der Waals surface area (Å²) in [7, 11) is 0. The summed E-state index contributed by atoms with van der Waals surface area (Å²) in [4.78, 5) is 46.2. The van der Waals surface area contributed by atoms with Crippen molar-refractivity contribution in [3.8, 4) is 0 Å². The Bertz CT molecular complexity index is 1770. The lowest BCUT2D eigenvalue weighted by Crippen LogP contribution is -2.32. The Kier molecular flexibility index (Phi) is 8.37. The monoisotopic (exact) mass is 577 g/mol. The molecule has 0 fully saturated rings. The molecule has 0 aliphatic heterocycles. The standard InChI is InChI=1S/C30H35N5O5S/c1-5-39-30(38)23-19-11-6-7-12-22(19)41-28(23)33-27(36)20-16-21-26(34(24(20)31)14-9-15-40-17(2)3)32-25-18(4)10-8-13-35(25)29(21)37/h8,10,13,16-17,31H,5-7,9,11-12,14-15H2,1-4H3,(H,33,36). The van der Waals surface area contributed by atoms with Crippen LogP contribution in [0.5, 0.6) is 0 Å². The number of hydrogen-bond acceptors (Lipinski definition) is 8. The van der Waals surface area contributed by atoms with Gasteiger partial charge in [0.05, 0.1) is 29.2 Å². The van der Waals surface area contributed by atoms with E-state index in [1.54, 1.807) is 23.8 Å². The van der Waals surface area contributed by atoms with Gasteiger partial charge < -0.3 is 19.4 Å². The third-order valence-corrected chi connectivity index (χ3v) is 8.44. The zero-order chi connectivity index (χ0) is 29.3. The van der Waals surface area contributed by atoms with E-state index in [9.17, 15) is 14.4 Å². The van der Waals surface area contributed by atoms with Gasteiger partial charge in [0.15, 0.2) is 0 Å². The normalized spacial score (nSPS) is 13.1. The van der Waals surface area contributed by atoms with Crippen molar-refractivity contribution >= 4 is 44.9 Å². The number of pyridine rings is 2. The molecule has 2 N–H and O–H groups in total. The third-order valence-electron chi connectivity index (χ3n) is 7.23. The van der Waals surface area contributed by atoms with Crippen LogP contribution in [0.15, 0.2) is 29.2 Å². The van der Waals surface area contributed by atoms with E-state index in [0.29, 0.717) is 41.4 Å². The Morgan fingerprint density at radius 1 is 1.22 bits per heavy atom. The fraction of sp³-hybridized carbons (Fsp3) is 0.433. The second-order valence-corrected chi connectivity index (χ2v) is 11.6. The summed E-state index contributed by atoms with van der Waals surface area (Å²) in [6.45, 7) is 8.54. The Hall–Kier alpha value is -3.83. The summed E-state index contributed by atoms with van der Waals surface area (Å²) >= 11 is 1.38. The number of nitrogens with one attached hydrogen (secondary N) is 2. The molecule has 1 amide bonds. The first-order valence-electron chi connectivity index (χ1n) is 14.1. The molecule has 0 bridgehead atoms. The predicted octanol–water partition coefficient (Wildman–Crippen LogP) is 4.62. The number of fused-ring (bicyclic) bond motifs is 3. The Labute approximate surface area is 241 Å². The average Bonchev–Trinajstić information content (AvgIpc) is 3.30. The first kappa shape index (κ1) is 28.7. The molecule has 10 nitrogen and oxygen atoms in total. The number of carbonyl (C=O) groups excluding carboxylic acids is 2. The van der Waals surface area contributed by atoms with Crippen LogP contribution in [0, 0.1) is 12.3 Å². The number of thiophene rings is 1. The molecule has 4 heterocycles. The number of amides is 1. The van der Waals surface area contributed by atoms with Gasteiger partial charge in [-0.25, -0.2) is 9.78 Å². The lowest BCUT2D eigenvalue weighted by Gasteiger charge is -2.16. The number of carbonyl (C=O) groups is 2. The van der Waals surface area contributed by atoms with E-state index in [2.05, 4.69) is 5.32 Å². The highest BCUT2D eigenvalue weighted by molar-refractivity contribution is 7.17. The van der Waals surface area contributed by atoms with Crippen molar-refractivity contribution in [3.05, 3.63) is 67.4 Å². The SMILES string of the molecule is CCOC(=O)c1c(NC(=O)c2cc3c(=O)n4cccc(C)c4nc3n(CCCOC(C)C)c2=N)sc2c1CCCC2. The minimum atomic E-state index is -0.568. The first-order chi connectivity index (χ1) is 19.7. The van der Waals surface area contributed by atoms with Crippen molar-refractivity contribution in [3.63, 3.8) is 0 Å². The smallest absolute Gasteiger partial charge is 0.341 e. The van der Waals surface area contributed by atoms with E-state index in [0.717, 1.165) is 41.7 Å². The number of hydrogen-bond donors (Lipinski definition) is 2. The minimum absolute atomic E-state index is 0.0231. The van der Waals surface area contributed by atoms with Crippen molar-refractivity contribution in [1.29, 1.82) is 5.41 Å². The van der Waals surface area contributed by atoms with E-state index >= 15 is 0 Å². The predicted molar refractivity (Wildman–Crippen MR) is 158 cm³/mol. The highest BCUT2D eigenvalue weighted by Crippen LogP contribution is 2.38. The van der Waals surface area contributed by atoms with Gasteiger partial charge in [-0.3, -0.25) is 19.4 Å². The lowest BCUT2D eigenvalue weighted by atomic mass is 9.95. The van der Waals surface area contributed by atoms with Crippen LogP contribution in [0.4, 0.5) is 5.00 Å². The highest BCUT2D eigenvalue weighted by atomic mass is 32.1. The topological polar surface area (TPSA) is 128 Å².